The van der Waals surface area contributed by atoms with E-state index in [-0.39, 0.29) is 0 Å². The van der Waals surface area contributed by atoms with Crippen LogP contribution in [-0.4, -0.2) is 40.1 Å². The van der Waals surface area contributed by atoms with Gasteiger partial charge >= 0.3 is 8.80 Å². The molecule has 0 saturated heterocycles. The van der Waals surface area contributed by atoms with Gasteiger partial charge in [0.05, 0.1) is 0 Å². The molecule has 278 valence electrons. The molecule has 0 aliphatic carbocycles. The summed E-state index contributed by atoms with van der Waals surface area (Å²) in [6.07, 6.45) is 40.2. The zero-order valence-electron chi connectivity index (χ0n) is 31.7. The number of hydrogen-bond acceptors (Lipinski definition) is 5. The quantitative estimate of drug-likeness (QED) is 0.0378. The fraction of sp³-hybridized carbons (Fsp3) is 1.00. The summed E-state index contributed by atoms with van der Waals surface area (Å²) < 4.78 is 20.2. The van der Waals surface area contributed by atoms with Gasteiger partial charge in [0.2, 0.25) is 0 Å². The van der Waals surface area contributed by atoms with E-state index in [1.54, 1.807) is 0 Å². The normalized spacial score (nSPS) is 12.1. The molecule has 0 atom stereocenters. The highest BCUT2D eigenvalue weighted by Gasteiger charge is 2.43. The Morgan fingerprint density at radius 2 is 0.565 bits per heavy atom. The van der Waals surface area contributed by atoms with Crippen LogP contribution in [-0.2, 0) is 13.3 Å². The van der Waals surface area contributed by atoms with Crippen LogP contribution in [0.1, 0.15) is 213 Å². The van der Waals surface area contributed by atoms with E-state index in [0.29, 0.717) is 5.92 Å². The predicted molar refractivity (Wildman–Crippen MR) is 215 cm³/mol. The van der Waals surface area contributed by atoms with Gasteiger partial charge in [0, 0.05) is 25.9 Å². The van der Waals surface area contributed by atoms with Crippen molar-refractivity contribution in [1.82, 2.24) is 0 Å². The second-order valence-corrected chi connectivity index (χ2v) is 17.6. The molecule has 46 heavy (non-hydrogen) atoms. The first-order chi connectivity index (χ1) is 22.7. The van der Waals surface area contributed by atoms with Crippen molar-refractivity contribution in [3.63, 3.8) is 0 Å². The van der Waals surface area contributed by atoms with Gasteiger partial charge in [-0.1, -0.05) is 194 Å². The van der Waals surface area contributed by atoms with Crippen molar-refractivity contribution in [3.05, 3.63) is 0 Å². The summed E-state index contributed by atoms with van der Waals surface area (Å²) in [4.78, 5) is 0. The van der Waals surface area contributed by atoms with Crippen LogP contribution in [0, 0.1) is 5.92 Å². The van der Waals surface area contributed by atoms with Crippen molar-refractivity contribution in [3.8, 4) is 0 Å². The van der Waals surface area contributed by atoms with Crippen LogP contribution in [0.5, 0.6) is 0 Å². The number of hydrogen-bond donors (Lipinski definition) is 2. The molecule has 0 rings (SSSR count). The molecule has 0 saturated carbocycles. The number of rotatable bonds is 40. The van der Waals surface area contributed by atoms with Crippen LogP contribution in [0.3, 0.4) is 0 Å². The second kappa shape index (κ2) is 38.6. The summed E-state index contributed by atoms with van der Waals surface area (Å²) in [6, 6.07) is 0.854. The fourth-order valence-corrected chi connectivity index (χ4v) is 10.5. The maximum Gasteiger partial charge on any atom is 0.501 e. The molecule has 0 fully saturated rings. The Bertz CT molecular complexity index is 500. The molecule has 0 aromatic rings. The van der Waals surface area contributed by atoms with E-state index in [4.69, 9.17) is 13.3 Å². The average Bonchev–Trinajstić information content (AvgIpc) is 3.07. The Morgan fingerprint density at radius 1 is 0.348 bits per heavy atom. The Labute approximate surface area is 302 Å². The van der Waals surface area contributed by atoms with Gasteiger partial charge in [-0.05, 0) is 36.7 Å². The first-order valence-electron chi connectivity index (χ1n) is 20.8. The number of thiol groups is 2. The Morgan fingerprint density at radius 3 is 0.783 bits per heavy atom. The molecule has 0 heterocycles. The third-order valence-electron chi connectivity index (χ3n) is 9.51. The van der Waals surface area contributed by atoms with E-state index < -0.39 is 8.80 Å². The monoisotopic (exact) mass is 705 g/mol. The average molecular weight is 705 g/mol. The highest BCUT2D eigenvalue weighted by molar-refractivity contribution is 7.81. The van der Waals surface area contributed by atoms with E-state index in [0.717, 1.165) is 56.6 Å². The lowest BCUT2D eigenvalue weighted by Crippen LogP contribution is -2.48. The van der Waals surface area contributed by atoms with Gasteiger partial charge in [0.1, 0.15) is 0 Å². The van der Waals surface area contributed by atoms with E-state index >= 15 is 0 Å². The first-order valence-corrected chi connectivity index (χ1v) is 24.0. The summed E-state index contributed by atoms with van der Waals surface area (Å²) in [5.41, 5.74) is 0. The van der Waals surface area contributed by atoms with Crippen LogP contribution in [0.15, 0.2) is 0 Å². The molecule has 0 amide bonds. The van der Waals surface area contributed by atoms with Crippen LogP contribution in [0.2, 0.25) is 6.04 Å². The third kappa shape index (κ3) is 32.0. The molecule has 0 unspecified atom stereocenters. The summed E-state index contributed by atoms with van der Waals surface area (Å²) in [5, 5.41) is 0. The van der Waals surface area contributed by atoms with E-state index in [9.17, 15) is 0 Å². The third-order valence-corrected chi connectivity index (χ3v) is 13.6. The van der Waals surface area contributed by atoms with E-state index in [1.807, 2.05) is 0 Å². The van der Waals surface area contributed by atoms with Crippen molar-refractivity contribution in [2.45, 2.75) is 219 Å². The molecule has 3 nitrogen and oxygen atoms in total. The predicted octanol–water partition coefficient (Wildman–Crippen LogP) is 14.2. The standard InChI is InChI=1S/C40H84O3S2Si/c1-4-7-10-13-16-19-22-25-28-31-34-41-46(39-40(37-44)38-45,42-35-32-29-26-23-20-17-14-11-8-5-2)43-36-33-30-27-24-21-18-15-12-9-6-3/h40,44-45H,4-39H2,1-3H3. The largest absolute Gasteiger partial charge is 0.501 e. The molecular formula is C40H84O3S2Si. The lowest BCUT2D eigenvalue weighted by molar-refractivity contribution is 0.0527. The van der Waals surface area contributed by atoms with E-state index in [1.165, 1.54) is 173 Å². The van der Waals surface area contributed by atoms with Crippen molar-refractivity contribution >= 4 is 34.1 Å². The minimum Gasteiger partial charge on any atom is -0.373 e. The molecule has 0 N–H and O–H groups in total. The zero-order valence-corrected chi connectivity index (χ0v) is 34.4. The van der Waals surface area contributed by atoms with Crippen LogP contribution < -0.4 is 0 Å². The van der Waals surface area contributed by atoms with E-state index in [2.05, 4.69) is 46.0 Å². The molecule has 0 radical (unpaired) electrons. The fourth-order valence-electron chi connectivity index (χ4n) is 6.29. The topological polar surface area (TPSA) is 27.7 Å². The highest BCUT2D eigenvalue weighted by Crippen LogP contribution is 2.26. The second-order valence-electron chi connectivity index (χ2n) is 14.2. The van der Waals surface area contributed by atoms with Gasteiger partial charge < -0.3 is 13.3 Å². The van der Waals surface area contributed by atoms with Gasteiger partial charge in [-0.25, -0.2) is 0 Å². The van der Waals surface area contributed by atoms with Gasteiger partial charge in [0.25, 0.3) is 0 Å². The zero-order chi connectivity index (χ0) is 33.7. The summed E-state index contributed by atoms with van der Waals surface area (Å²) in [6.45, 7) is 9.19. The Hall–Kier alpha value is 0.797. The molecule has 0 aliphatic rings. The minimum atomic E-state index is -2.78. The minimum absolute atomic E-state index is 0.367. The SMILES string of the molecule is CCCCCCCCCCCCO[Si](CC(CS)CS)(OCCCCCCCCCCCC)OCCCCCCCCCCCC. The molecule has 6 heteroatoms. The Kier molecular flexibility index (Phi) is 39.3. The molecule has 0 aromatic heterocycles. The lowest BCUT2D eigenvalue weighted by Gasteiger charge is -2.32. The van der Waals surface area contributed by atoms with Crippen molar-refractivity contribution in [1.29, 1.82) is 0 Å². The summed E-state index contributed by atoms with van der Waals surface area (Å²) >= 11 is 9.33. The van der Waals surface area contributed by atoms with Crippen molar-refractivity contribution in [2.75, 3.05) is 31.3 Å². The molecule has 0 aromatic carbocycles. The smallest absolute Gasteiger partial charge is 0.373 e. The van der Waals surface area contributed by atoms with Gasteiger partial charge in [-0.3, -0.25) is 0 Å². The van der Waals surface area contributed by atoms with Crippen molar-refractivity contribution in [2.24, 2.45) is 5.92 Å². The van der Waals surface area contributed by atoms with Gasteiger partial charge in [-0.15, -0.1) is 0 Å². The van der Waals surface area contributed by atoms with Crippen LogP contribution >= 0.6 is 25.3 Å². The Balaban J connectivity index is 4.72. The lowest BCUT2D eigenvalue weighted by atomic mass is 10.1. The highest BCUT2D eigenvalue weighted by atomic mass is 32.1. The number of unbranched alkanes of at least 4 members (excludes halogenated alkanes) is 27. The molecule has 0 aliphatic heterocycles. The van der Waals surface area contributed by atoms with Gasteiger partial charge in [-0.2, -0.15) is 25.3 Å². The summed E-state index contributed by atoms with van der Waals surface area (Å²) in [5.74, 6) is 1.98. The van der Waals surface area contributed by atoms with Gasteiger partial charge in [0.15, 0.2) is 0 Å². The molecule has 0 spiro atoms. The van der Waals surface area contributed by atoms with Crippen molar-refractivity contribution < 1.29 is 13.3 Å². The molecule has 0 bridgehead atoms. The first kappa shape index (κ1) is 46.8. The van der Waals surface area contributed by atoms with Crippen LogP contribution in [0.25, 0.3) is 0 Å². The summed E-state index contributed by atoms with van der Waals surface area (Å²) in [7, 11) is -2.78. The maximum absolute atomic E-state index is 6.75. The molecular weight excluding hydrogens is 621 g/mol. The maximum atomic E-state index is 6.75. The van der Waals surface area contributed by atoms with Crippen LogP contribution in [0.4, 0.5) is 0 Å².